The number of benzene rings is 3. The van der Waals surface area contributed by atoms with Gasteiger partial charge in [-0.15, -0.1) is 37.2 Å². The highest BCUT2D eigenvalue weighted by molar-refractivity contribution is 6.10. The van der Waals surface area contributed by atoms with Gasteiger partial charge in [-0.2, -0.15) is 0 Å². The number of nitrogens with one attached hydrogen (secondary N) is 3. The van der Waals surface area contributed by atoms with Gasteiger partial charge < -0.3 is 30.7 Å². The quantitative estimate of drug-likeness (QED) is 0.141. The summed E-state index contributed by atoms with van der Waals surface area (Å²) in [6, 6.07) is 20.1. The molecule has 2 saturated heterocycles. The molecule has 9 nitrogen and oxygen atoms in total. The fourth-order valence-corrected chi connectivity index (χ4v) is 6.20. The van der Waals surface area contributed by atoms with Crippen molar-refractivity contribution in [1.82, 2.24) is 14.8 Å². The molecule has 3 N–H and O–H groups in total. The molecule has 0 bridgehead atoms. The minimum atomic E-state index is 0. The van der Waals surface area contributed by atoms with Crippen LogP contribution in [0.3, 0.4) is 0 Å². The van der Waals surface area contributed by atoms with Gasteiger partial charge in [0.25, 0.3) is 0 Å². The number of fused-ring (bicyclic) bond motifs is 2. The molecule has 3 heterocycles. The molecule has 0 spiro atoms. The molecule has 2 fully saturated rings. The molecule has 4 aromatic rings. The van der Waals surface area contributed by atoms with Crippen molar-refractivity contribution in [3.8, 4) is 0 Å². The van der Waals surface area contributed by atoms with E-state index in [1.54, 1.807) is 0 Å². The van der Waals surface area contributed by atoms with Crippen molar-refractivity contribution in [3.05, 3.63) is 60.7 Å². The third kappa shape index (κ3) is 9.84. The van der Waals surface area contributed by atoms with Gasteiger partial charge in [-0.05, 0) is 113 Å². The van der Waals surface area contributed by atoms with Gasteiger partial charge >= 0.3 is 0 Å². The zero-order chi connectivity index (χ0) is 30.5. The highest BCUT2D eigenvalue weighted by Crippen LogP contribution is 2.36. The maximum Gasteiger partial charge on any atom is 0.225 e. The van der Waals surface area contributed by atoms with Crippen LogP contribution in [0.25, 0.3) is 21.8 Å². The molecule has 2 aliphatic heterocycles. The van der Waals surface area contributed by atoms with Crippen LogP contribution in [-0.2, 0) is 9.59 Å². The number of aromatic nitrogens is 1. The van der Waals surface area contributed by atoms with Crippen molar-refractivity contribution in [3.63, 3.8) is 0 Å². The Morgan fingerprint density at radius 2 is 1.09 bits per heavy atom. The third-order valence-corrected chi connectivity index (χ3v) is 8.70. The Morgan fingerprint density at radius 3 is 1.51 bits per heavy atom. The zero-order valence-corrected chi connectivity index (χ0v) is 29.5. The Hall–Kier alpha value is -3.34. The molecule has 3 aromatic carbocycles. The van der Waals surface area contributed by atoms with Crippen LogP contribution in [0, 0.1) is 0 Å². The summed E-state index contributed by atoms with van der Waals surface area (Å²) in [6.07, 6.45) is 5.80. The first kappa shape index (κ1) is 38.1. The molecule has 6 rings (SSSR count). The molecule has 0 unspecified atom stereocenters. The van der Waals surface area contributed by atoms with Gasteiger partial charge in [-0.3, -0.25) is 9.59 Å². The summed E-state index contributed by atoms with van der Waals surface area (Å²) in [5, 5.41) is 11.7. The number of rotatable bonds is 11. The lowest BCUT2D eigenvalue weighted by atomic mass is 10.1. The number of hydrogen-bond acceptors (Lipinski definition) is 7. The summed E-state index contributed by atoms with van der Waals surface area (Å²) in [7, 11) is 4.05. The number of carbonyl (C=O) groups is 2. The maximum atomic E-state index is 12.8. The number of hydrogen-bond donors (Lipinski definition) is 3. The molecule has 0 atom stereocenters. The molecule has 0 radical (unpaired) electrons. The number of anilines is 5. The Kier molecular flexibility index (Phi) is 14.4. The van der Waals surface area contributed by atoms with Gasteiger partial charge in [0.05, 0.1) is 16.7 Å². The van der Waals surface area contributed by atoms with E-state index in [0.717, 1.165) is 89.5 Å². The van der Waals surface area contributed by atoms with Crippen molar-refractivity contribution < 1.29 is 9.59 Å². The van der Waals surface area contributed by atoms with Crippen molar-refractivity contribution in [1.29, 1.82) is 0 Å². The topological polar surface area (TPSA) is 92.8 Å². The van der Waals surface area contributed by atoms with E-state index in [4.69, 9.17) is 4.98 Å². The lowest BCUT2D eigenvalue weighted by Crippen LogP contribution is -2.25. The summed E-state index contributed by atoms with van der Waals surface area (Å²) in [6.45, 7) is 5.89. The second-order valence-electron chi connectivity index (χ2n) is 12.2. The summed E-state index contributed by atoms with van der Waals surface area (Å²) in [4.78, 5) is 37.3. The smallest absolute Gasteiger partial charge is 0.225 e. The van der Waals surface area contributed by atoms with Gasteiger partial charge in [0.1, 0.15) is 0 Å². The summed E-state index contributed by atoms with van der Waals surface area (Å²) >= 11 is 0. The van der Waals surface area contributed by atoms with Crippen LogP contribution in [0.15, 0.2) is 60.7 Å². The van der Waals surface area contributed by atoms with E-state index in [0.29, 0.717) is 12.8 Å². The van der Waals surface area contributed by atoms with Crippen molar-refractivity contribution in [2.45, 2.75) is 38.5 Å². The molecule has 2 aliphatic rings. The van der Waals surface area contributed by atoms with Gasteiger partial charge in [0, 0.05) is 73.5 Å². The van der Waals surface area contributed by atoms with Crippen molar-refractivity contribution in [2.75, 3.05) is 74.2 Å². The maximum absolute atomic E-state index is 12.8. The molecule has 2 amide bonds. The number of carbonyl (C=O) groups excluding carboxylic acids is 2. The second kappa shape index (κ2) is 17.7. The lowest BCUT2D eigenvalue weighted by Gasteiger charge is -2.17. The molecule has 0 aliphatic carbocycles. The van der Waals surface area contributed by atoms with Crippen LogP contribution in [0.4, 0.5) is 28.4 Å². The Morgan fingerprint density at radius 1 is 0.660 bits per heavy atom. The summed E-state index contributed by atoms with van der Waals surface area (Å²) in [5.41, 5.74) is 5.99. The monoisotopic (exact) mass is 701 g/mol. The SMILES string of the molecule is CN(C)c1ccc(Nc2c3ccc(NC(=O)CCN4CCCC4)cc3nc3cc(NC(=O)CCN4CCCC4)ccc23)cc1.Cl.Cl.Cl. The minimum Gasteiger partial charge on any atom is -0.378 e. The number of halogens is 3. The molecular formula is C35H46Cl3N7O2. The van der Waals surface area contributed by atoms with Crippen molar-refractivity contribution in [2.24, 2.45) is 0 Å². The van der Waals surface area contributed by atoms with Crippen LogP contribution < -0.4 is 20.9 Å². The first-order chi connectivity index (χ1) is 21.4. The van der Waals surface area contributed by atoms with Crippen LogP contribution in [0.2, 0.25) is 0 Å². The van der Waals surface area contributed by atoms with Crippen LogP contribution in [-0.4, -0.2) is 80.0 Å². The number of likely N-dealkylation sites (tertiary alicyclic amines) is 2. The molecule has 254 valence electrons. The highest BCUT2D eigenvalue weighted by Gasteiger charge is 2.16. The average molecular weight is 703 g/mol. The minimum absolute atomic E-state index is 0. The first-order valence-electron chi connectivity index (χ1n) is 15.9. The second-order valence-corrected chi connectivity index (χ2v) is 12.2. The fraction of sp³-hybridized carbons (Fsp3) is 0.400. The first-order valence-corrected chi connectivity index (χ1v) is 15.9. The van der Waals surface area contributed by atoms with E-state index in [1.807, 2.05) is 50.5 Å². The molecule has 12 heteroatoms. The number of pyridine rings is 1. The van der Waals surface area contributed by atoms with Gasteiger partial charge in [0.15, 0.2) is 0 Å². The predicted octanol–water partition coefficient (Wildman–Crippen LogP) is 7.31. The number of nitrogens with zero attached hydrogens (tertiary/aromatic N) is 4. The standard InChI is InChI=1S/C35H43N7O2.3ClH/c1-40(2)28-11-7-25(8-12-28)38-35-29-13-9-26(36-33(43)15-21-41-17-3-4-18-41)23-31(29)39-32-24-27(10-14-30(32)35)37-34(44)16-22-42-19-5-6-20-42;;;/h7-14,23-24H,3-6,15-22H2,1-2H3,(H,36,43)(H,37,44)(H,38,39);3*1H. The number of amides is 2. The van der Waals surface area contributed by atoms with Gasteiger partial charge in [-0.25, -0.2) is 4.98 Å². The Balaban J connectivity index is 0.00000200. The highest BCUT2D eigenvalue weighted by atomic mass is 35.5. The molecule has 47 heavy (non-hydrogen) atoms. The van der Waals surface area contributed by atoms with E-state index in [9.17, 15) is 9.59 Å². The van der Waals surface area contributed by atoms with Crippen LogP contribution in [0.5, 0.6) is 0 Å². The van der Waals surface area contributed by atoms with Gasteiger partial charge in [0.2, 0.25) is 11.8 Å². The van der Waals surface area contributed by atoms with E-state index >= 15 is 0 Å². The fourth-order valence-electron chi connectivity index (χ4n) is 6.20. The Bertz CT molecular complexity index is 1550. The van der Waals surface area contributed by atoms with Gasteiger partial charge in [-0.1, -0.05) is 0 Å². The van der Waals surface area contributed by atoms with Crippen LogP contribution in [0.1, 0.15) is 38.5 Å². The predicted molar refractivity (Wildman–Crippen MR) is 203 cm³/mol. The normalized spacial score (nSPS) is 14.6. The van der Waals surface area contributed by atoms with Crippen LogP contribution >= 0.6 is 37.2 Å². The molecule has 1 aromatic heterocycles. The molecular weight excluding hydrogens is 657 g/mol. The molecule has 0 saturated carbocycles. The largest absolute Gasteiger partial charge is 0.378 e. The zero-order valence-electron chi connectivity index (χ0n) is 27.1. The Labute approximate surface area is 296 Å². The van der Waals surface area contributed by atoms with E-state index < -0.39 is 0 Å². The lowest BCUT2D eigenvalue weighted by molar-refractivity contribution is -0.117. The summed E-state index contributed by atoms with van der Waals surface area (Å²) < 4.78 is 0. The van der Waals surface area contributed by atoms with E-state index in [2.05, 4.69) is 54.9 Å². The summed E-state index contributed by atoms with van der Waals surface area (Å²) in [5.74, 6) is 0.0191. The average Bonchev–Trinajstić information content (AvgIpc) is 3.74. The van der Waals surface area contributed by atoms with Crippen molar-refractivity contribution >= 4 is 99.3 Å². The van der Waals surface area contributed by atoms with E-state index in [1.165, 1.54) is 25.7 Å². The van der Waals surface area contributed by atoms with E-state index in [-0.39, 0.29) is 49.0 Å². The third-order valence-electron chi connectivity index (χ3n) is 8.70.